The van der Waals surface area contributed by atoms with Crippen LogP contribution in [0.5, 0.6) is 0 Å². The van der Waals surface area contributed by atoms with Gasteiger partial charge < -0.3 is 33.8 Å². The summed E-state index contributed by atoms with van der Waals surface area (Å²) >= 11 is 0. The van der Waals surface area contributed by atoms with Crippen LogP contribution >= 0.6 is 15.6 Å². The third-order valence-corrected chi connectivity index (χ3v) is 20.8. The zero-order valence-electron chi connectivity index (χ0n) is 63.4. The molecule has 19 heteroatoms. The normalized spacial score (nSPS) is 14.5. The number of carbonyl (C=O) groups excluding carboxylic acids is 4. The predicted molar refractivity (Wildman–Crippen MR) is 395 cm³/mol. The van der Waals surface area contributed by atoms with Crippen molar-refractivity contribution in [2.75, 3.05) is 39.6 Å². The van der Waals surface area contributed by atoms with Crippen molar-refractivity contribution in [1.29, 1.82) is 0 Å². The number of rotatable bonds is 77. The van der Waals surface area contributed by atoms with Gasteiger partial charge in [0.2, 0.25) is 0 Å². The van der Waals surface area contributed by atoms with Gasteiger partial charge >= 0.3 is 39.5 Å². The summed E-state index contributed by atoms with van der Waals surface area (Å²) in [5, 5.41) is 10.6. The average molecular weight is 1420 g/mol. The molecule has 97 heavy (non-hydrogen) atoms. The van der Waals surface area contributed by atoms with Crippen LogP contribution in [0.2, 0.25) is 0 Å². The van der Waals surface area contributed by atoms with Gasteiger partial charge in [0, 0.05) is 25.7 Å². The van der Waals surface area contributed by atoms with Crippen molar-refractivity contribution in [2.45, 2.75) is 426 Å². The molecule has 7 atom stereocenters. The quantitative estimate of drug-likeness (QED) is 0.0222. The Hall–Kier alpha value is -1.94. The van der Waals surface area contributed by atoms with Crippen LogP contribution in [-0.2, 0) is 65.4 Å². The molecule has 4 unspecified atom stereocenters. The zero-order valence-corrected chi connectivity index (χ0v) is 65.2. The molecule has 0 fully saturated rings. The van der Waals surface area contributed by atoms with Crippen molar-refractivity contribution in [3.8, 4) is 0 Å². The first-order valence-corrected chi connectivity index (χ1v) is 43.6. The fraction of sp³-hybridized carbons (Fsp3) is 0.949. The van der Waals surface area contributed by atoms with Crippen LogP contribution in [0.3, 0.4) is 0 Å². The molecule has 0 saturated carbocycles. The molecule has 0 saturated heterocycles. The topological polar surface area (TPSA) is 237 Å². The Labute approximate surface area is 594 Å². The highest BCUT2D eigenvalue weighted by atomic mass is 31.2. The standard InChI is InChI=1S/C78H152O17P2/c1-7-11-13-15-17-19-21-23-25-27-29-31-33-35-37-42-50-56-62-77(82)94-73(66-88-75(80)60-54-48-41-36-34-32-30-28-26-24-22-20-18-16-14-12-8-2)68-92-96(84,85)90-64-72(79)65-91-97(86,87)93-69-74(67-89-76(81)61-55-49-45-44-47-53-59-71(6)10-4)95-78(83)63-57-51-43-39-38-40-46-52-58-70(5)9-3/h70-74,79H,7-69H2,1-6H3,(H,84,85)(H,86,87)/t70?,71?,72-,73-,74-/m1/s1. The fourth-order valence-electron chi connectivity index (χ4n) is 11.9. The number of ether oxygens (including phenoxy) is 4. The molecule has 3 N–H and O–H groups in total. The molecule has 0 bridgehead atoms. The summed E-state index contributed by atoms with van der Waals surface area (Å²) in [5.74, 6) is -0.615. The highest BCUT2D eigenvalue weighted by Crippen LogP contribution is 2.45. The van der Waals surface area contributed by atoms with Gasteiger partial charge in [0.1, 0.15) is 19.3 Å². The van der Waals surface area contributed by atoms with E-state index in [1.54, 1.807) is 0 Å². The van der Waals surface area contributed by atoms with E-state index in [2.05, 4.69) is 41.5 Å². The summed E-state index contributed by atoms with van der Waals surface area (Å²) in [7, 11) is -9.91. The molecule has 0 aliphatic carbocycles. The van der Waals surface area contributed by atoms with Crippen LogP contribution in [-0.4, -0.2) is 96.7 Å². The van der Waals surface area contributed by atoms with Gasteiger partial charge in [0.05, 0.1) is 26.4 Å². The van der Waals surface area contributed by atoms with Gasteiger partial charge in [-0.25, -0.2) is 9.13 Å². The van der Waals surface area contributed by atoms with Gasteiger partial charge in [-0.05, 0) is 37.5 Å². The molecule has 0 aromatic carbocycles. The van der Waals surface area contributed by atoms with E-state index in [0.29, 0.717) is 25.7 Å². The van der Waals surface area contributed by atoms with Crippen LogP contribution in [0.1, 0.15) is 408 Å². The molecule has 0 aliphatic rings. The minimum Gasteiger partial charge on any atom is -0.462 e. The molecule has 0 heterocycles. The number of aliphatic hydroxyl groups excluding tert-OH is 1. The summed E-state index contributed by atoms with van der Waals surface area (Å²) < 4.78 is 68.6. The molecule has 0 aromatic rings. The number of phosphoric ester groups is 2. The molecule has 0 aromatic heterocycles. The number of hydrogen-bond donors (Lipinski definition) is 3. The Balaban J connectivity index is 5.24. The van der Waals surface area contributed by atoms with Crippen molar-refractivity contribution in [1.82, 2.24) is 0 Å². The zero-order chi connectivity index (χ0) is 71.4. The van der Waals surface area contributed by atoms with Gasteiger partial charge in [-0.2, -0.15) is 0 Å². The lowest BCUT2D eigenvalue weighted by atomic mass is 9.99. The highest BCUT2D eigenvalue weighted by Gasteiger charge is 2.30. The summed E-state index contributed by atoms with van der Waals surface area (Å²) in [6.07, 6.45) is 58.3. The van der Waals surface area contributed by atoms with Gasteiger partial charge in [0.15, 0.2) is 12.2 Å². The number of hydrogen-bond acceptors (Lipinski definition) is 15. The Kier molecular flexibility index (Phi) is 68.4. The van der Waals surface area contributed by atoms with Crippen LogP contribution in [0.25, 0.3) is 0 Å². The lowest BCUT2D eigenvalue weighted by Gasteiger charge is -2.21. The Morgan fingerprint density at radius 1 is 0.289 bits per heavy atom. The molecular weight excluding hydrogens is 1270 g/mol. The Bertz CT molecular complexity index is 1880. The molecule has 0 rings (SSSR count). The van der Waals surface area contributed by atoms with Gasteiger partial charge in [-0.1, -0.05) is 356 Å². The predicted octanol–water partition coefficient (Wildman–Crippen LogP) is 23.1. The van der Waals surface area contributed by atoms with E-state index in [1.807, 2.05) is 0 Å². The van der Waals surface area contributed by atoms with E-state index in [4.69, 9.17) is 37.0 Å². The van der Waals surface area contributed by atoms with E-state index in [9.17, 15) is 43.2 Å². The third kappa shape index (κ3) is 69.5. The summed E-state index contributed by atoms with van der Waals surface area (Å²) in [4.78, 5) is 72.9. The lowest BCUT2D eigenvalue weighted by molar-refractivity contribution is -0.161. The molecule has 0 aliphatic heterocycles. The van der Waals surface area contributed by atoms with Gasteiger partial charge in [0.25, 0.3) is 0 Å². The van der Waals surface area contributed by atoms with Crippen molar-refractivity contribution in [3.05, 3.63) is 0 Å². The van der Waals surface area contributed by atoms with E-state index in [-0.39, 0.29) is 25.7 Å². The largest absolute Gasteiger partial charge is 0.472 e. The number of unbranched alkanes of at least 4 members (excludes halogenated alkanes) is 45. The fourth-order valence-corrected chi connectivity index (χ4v) is 13.5. The van der Waals surface area contributed by atoms with E-state index < -0.39 is 97.5 Å². The maximum Gasteiger partial charge on any atom is 0.472 e. The van der Waals surface area contributed by atoms with Crippen LogP contribution in [0, 0.1) is 11.8 Å². The monoisotopic (exact) mass is 1420 g/mol. The lowest BCUT2D eigenvalue weighted by Crippen LogP contribution is -2.30. The maximum atomic E-state index is 13.1. The maximum absolute atomic E-state index is 13.1. The van der Waals surface area contributed by atoms with Crippen LogP contribution in [0.4, 0.5) is 0 Å². The smallest absolute Gasteiger partial charge is 0.462 e. The highest BCUT2D eigenvalue weighted by molar-refractivity contribution is 7.47. The van der Waals surface area contributed by atoms with E-state index in [1.165, 1.54) is 218 Å². The number of esters is 4. The van der Waals surface area contributed by atoms with E-state index in [0.717, 1.165) is 108 Å². The van der Waals surface area contributed by atoms with Crippen molar-refractivity contribution in [3.63, 3.8) is 0 Å². The molecule has 17 nitrogen and oxygen atoms in total. The summed E-state index contributed by atoms with van der Waals surface area (Å²) in [6.45, 7) is 9.57. The first-order chi connectivity index (χ1) is 46.9. The average Bonchev–Trinajstić information content (AvgIpc) is 1.77. The van der Waals surface area contributed by atoms with E-state index >= 15 is 0 Å². The van der Waals surface area contributed by atoms with Gasteiger partial charge in [-0.15, -0.1) is 0 Å². The molecular formula is C78H152O17P2. The molecule has 0 spiro atoms. The second-order valence-corrected chi connectivity index (χ2v) is 31.5. The first kappa shape index (κ1) is 95.1. The molecule has 576 valence electrons. The second-order valence-electron chi connectivity index (χ2n) is 28.6. The van der Waals surface area contributed by atoms with Gasteiger partial charge in [-0.3, -0.25) is 37.3 Å². The Morgan fingerprint density at radius 3 is 0.732 bits per heavy atom. The number of carbonyl (C=O) groups is 4. The van der Waals surface area contributed by atoms with Crippen LogP contribution in [0.15, 0.2) is 0 Å². The summed E-state index contributed by atoms with van der Waals surface area (Å²) in [5.41, 5.74) is 0. The second kappa shape index (κ2) is 69.8. The number of aliphatic hydroxyl groups is 1. The summed E-state index contributed by atoms with van der Waals surface area (Å²) in [6, 6.07) is 0. The molecule has 0 amide bonds. The van der Waals surface area contributed by atoms with Crippen molar-refractivity contribution in [2.24, 2.45) is 11.8 Å². The number of phosphoric acid groups is 2. The first-order valence-electron chi connectivity index (χ1n) is 40.6. The minimum absolute atomic E-state index is 0.104. The Morgan fingerprint density at radius 2 is 0.495 bits per heavy atom. The van der Waals surface area contributed by atoms with Crippen molar-refractivity contribution < 1.29 is 80.2 Å². The SMILES string of the molecule is CCCCCCCCCCCCCCCCCCCCC(=O)O[C@H](COC(=O)CCCCCCCCCCCCCCCCCCC)COP(=O)(O)OC[C@@H](O)COP(=O)(O)OC[C@@H](COC(=O)CCCCCCCCC(C)CC)OC(=O)CCCCCCCCCCC(C)CC. The van der Waals surface area contributed by atoms with Crippen molar-refractivity contribution >= 4 is 39.5 Å². The molecule has 0 radical (unpaired) electrons. The minimum atomic E-state index is -4.96. The van der Waals surface area contributed by atoms with Crippen LogP contribution < -0.4 is 0 Å². The third-order valence-electron chi connectivity index (χ3n) is 18.9.